The molecule has 222 valence electrons. The number of ether oxygens (including phenoxy) is 2. The molecule has 0 bridgehead atoms. The van der Waals surface area contributed by atoms with Gasteiger partial charge in [0.15, 0.2) is 0 Å². The summed E-state index contributed by atoms with van der Waals surface area (Å²) in [7, 11) is 1.25. The van der Waals surface area contributed by atoms with Gasteiger partial charge in [-0.3, -0.25) is 9.59 Å². The van der Waals surface area contributed by atoms with E-state index in [1.54, 1.807) is 34.6 Å². The topological polar surface area (TPSA) is 139 Å². The van der Waals surface area contributed by atoms with Crippen LogP contribution >= 0.6 is 0 Å². The summed E-state index contributed by atoms with van der Waals surface area (Å²) in [6.45, 7) is 10.5. The number of benzene rings is 1. The number of imide groups is 1. The molecule has 1 aromatic rings. The lowest BCUT2D eigenvalue weighted by molar-refractivity contribution is -0.169. The fourth-order valence-electron chi connectivity index (χ4n) is 5.14. The maximum Gasteiger partial charge on any atom is 0.337 e. The Labute approximate surface area is 236 Å². The highest BCUT2D eigenvalue weighted by Crippen LogP contribution is 2.36. The Balaban J connectivity index is 2.53. The number of amides is 3. The van der Waals surface area contributed by atoms with Crippen molar-refractivity contribution in [2.45, 2.75) is 91.7 Å². The van der Waals surface area contributed by atoms with Crippen molar-refractivity contribution in [2.24, 2.45) is 23.7 Å². The maximum atomic E-state index is 14.2. The monoisotopic (exact) mass is 560 g/mol. The Bertz CT molecular complexity index is 1050. The summed E-state index contributed by atoms with van der Waals surface area (Å²) in [5, 5.41) is 12.7. The zero-order chi connectivity index (χ0) is 30.2. The maximum absolute atomic E-state index is 14.2. The van der Waals surface area contributed by atoms with Gasteiger partial charge in [0.1, 0.15) is 17.6 Å². The quantitative estimate of drug-likeness (QED) is 0.282. The Morgan fingerprint density at radius 1 is 1.00 bits per heavy atom. The smallest absolute Gasteiger partial charge is 0.337 e. The van der Waals surface area contributed by atoms with Gasteiger partial charge in [0.2, 0.25) is 5.91 Å². The highest BCUT2D eigenvalue weighted by Gasteiger charge is 2.46. The highest BCUT2D eigenvalue weighted by molar-refractivity contribution is 6.10. The first kappa shape index (κ1) is 32.8. The van der Waals surface area contributed by atoms with Crippen molar-refractivity contribution < 1.29 is 38.6 Å². The molecule has 0 aromatic heterocycles. The lowest BCUT2D eigenvalue weighted by Crippen LogP contribution is -2.56. The van der Waals surface area contributed by atoms with Crippen LogP contribution in [-0.2, 0) is 23.9 Å². The SMILES string of the molecule is COC(=O)c1ccc(NC(=O)N(C(=O)C(C(=O)OC(C)(C)C)C(C)C2CCCCC2)[C@@H](CC(C)C)C(=O)O)cc1. The van der Waals surface area contributed by atoms with E-state index in [2.05, 4.69) is 10.1 Å². The summed E-state index contributed by atoms with van der Waals surface area (Å²) in [4.78, 5) is 66.3. The third-order valence-corrected chi connectivity index (χ3v) is 7.15. The van der Waals surface area contributed by atoms with Gasteiger partial charge >= 0.3 is 23.9 Å². The van der Waals surface area contributed by atoms with E-state index >= 15 is 0 Å². The number of rotatable bonds is 10. The number of esters is 2. The Morgan fingerprint density at radius 2 is 1.57 bits per heavy atom. The number of nitrogens with one attached hydrogen (secondary N) is 1. The average molecular weight is 561 g/mol. The number of methoxy groups -OCH3 is 1. The van der Waals surface area contributed by atoms with E-state index in [1.165, 1.54) is 31.4 Å². The second-order valence-electron chi connectivity index (χ2n) is 12.0. The van der Waals surface area contributed by atoms with Crippen molar-refractivity contribution in [3.8, 4) is 0 Å². The van der Waals surface area contributed by atoms with Gasteiger partial charge in [-0.05, 0) is 69.2 Å². The normalized spacial score (nSPS) is 16.4. The number of carbonyl (C=O) groups is 5. The lowest BCUT2D eigenvalue weighted by atomic mass is 9.74. The number of nitrogens with zero attached hydrogens (tertiary/aromatic N) is 1. The lowest BCUT2D eigenvalue weighted by Gasteiger charge is -2.37. The molecule has 10 nitrogen and oxygen atoms in total. The number of urea groups is 1. The molecule has 1 aromatic carbocycles. The van der Waals surface area contributed by atoms with Crippen LogP contribution in [0.3, 0.4) is 0 Å². The Hall–Kier alpha value is -3.43. The number of carbonyl (C=O) groups excluding carboxylic acids is 4. The number of aliphatic carboxylic acids is 1. The minimum atomic E-state index is -1.51. The van der Waals surface area contributed by atoms with Crippen LogP contribution in [0.25, 0.3) is 0 Å². The van der Waals surface area contributed by atoms with Crippen molar-refractivity contribution in [3.05, 3.63) is 29.8 Å². The van der Waals surface area contributed by atoms with Gasteiger partial charge in [-0.2, -0.15) is 0 Å². The molecule has 2 rings (SSSR count). The highest BCUT2D eigenvalue weighted by atomic mass is 16.6. The molecule has 0 spiro atoms. The molecular weight excluding hydrogens is 516 g/mol. The van der Waals surface area contributed by atoms with Crippen LogP contribution in [0, 0.1) is 23.7 Å². The average Bonchev–Trinajstić information content (AvgIpc) is 2.87. The molecule has 2 unspecified atom stereocenters. The van der Waals surface area contributed by atoms with Gasteiger partial charge in [0.25, 0.3) is 0 Å². The van der Waals surface area contributed by atoms with Gasteiger partial charge in [-0.15, -0.1) is 0 Å². The van der Waals surface area contributed by atoms with Crippen molar-refractivity contribution in [1.29, 1.82) is 0 Å². The van der Waals surface area contributed by atoms with E-state index < -0.39 is 53.3 Å². The predicted molar refractivity (Wildman–Crippen MR) is 150 cm³/mol. The van der Waals surface area contributed by atoms with Gasteiger partial charge in [-0.1, -0.05) is 52.9 Å². The molecule has 0 saturated heterocycles. The Morgan fingerprint density at radius 3 is 2.05 bits per heavy atom. The van der Waals surface area contributed by atoms with Crippen LogP contribution in [0.1, 0.15) is 90.4 Å². The third kappa shape index (κ3) is 9.06. The molecule has 0 radical (unpaired) electrons. The second kappa shape index (κ2) is 14.3. The number of carboxylic acids is 1. The summed E-state index contributed by atoms with van der Waals surface area (Å²) in [6.07, 6.45) is 4.69. The molecule has 3 atom stereocenters. The molecule has 1 fully saturated rings. The fraction of sp³-hybridized carbons (Fsp3) is 0.633. The largest absolute Gasteiger partial charge is 0.480 e. The zero-order valence-corrected chi connectivity index (χ0v) is 24.7. The van der Waals surface area contributed by atoms with Gasteiger partial charge < -0.3 is 19.9 Å². The van der Waals surface area contributed by atoms with Crippen molar-refractivity contribution in [1.82, 2.24) is 4.90 Å². The summed E-state index contributed by atoms with van der Waals surface area (Å²) in [6, 6.07) is 3.27. The molecule has 1 aliphatic rings. The number of hydrogen-bond acceptors (Lipinski definition) is 7. The second-order valence-corrected chi connectivity index (χ2v) is 12.0. The molecule has 0 aliphatic heterocycles. The first-order valence-corrected chi connectivity index (χ1v) is 13.9. The fourth-order valence-corrected chi connectivity index (χ4v) is 5.14. The first-order valence-electron chi connectivity index (χ1n) is 13.9. The van der Waals surface area contributed by atoms with Gasteiger partial charge in [0.05, 0.1) is 12.7 Å². The summed E-state index contributed by atoms with van der Waals surface area (Å²) < 4.78 is 10.3. The molecular formula is C30H44N2O8. The van der Waals surface area contributed by atoms with Crippen LogP contribution in [0.4, 0.5) is 10.5 Å². The molecule has 40 heavy (non-hydrogen) atoms. The third-order valence-electron chi connectivity index (χ3n) is 7.15. The van der Waals surface area contributed by atoms with Crippen LogP contribution < -0.4 is 5.32 Å². The van der Waals surface area contributed by atoms with E-state index in [0.717, 1.165) is 32.1 Å². The molecule has 3 amide bonds. The van der Waals surface area contributed by atoms with Crippen LogP contribution in [0.2, 0.25) is 0 Å². The van der Waals surface area contributed by atoms with E-state index in [4.69, 9.17) is 4.74 Å². The van der Waals surface area contributed by atoms with Crippen molar-refractivity contribution in [2.75, 3.05) is 12.4 Å². The minimum Gasteiger partial charge on any atom is -0.480 e. The number of anilines is 1. The van der Waals surface area contributed by atoms with Crippen LogP contribution in [0.5, 0.6) is 0 Å². The van der Waals surface area contributed by atoms with Gasteiger partial charge in [0, 0.05) is 5.69 Å². The van der Waals surface area contributed by atoms with Crippen molar-refractivity contribution in [3.63, 3.8) is 0 Å². The number of hydrogen-bond donors (Lipinski definition) is 2. The summed E-state index contributed by atoms with van der Waals surface area (Å²) in [5.74, 6) is -5.53. The van der Waals surface area contributed by atoms with Crippen LogP contribution in [-0.4, -0.2) is 58.6 Å². The van der Waals surface area contributed by atoms with E-state index in [-0.39, 0.29) is 29.5 Å². The van der Waals surface area contributed by atoms with E-state index in [0.29, 0.717) is 4.90 Å². The Kier molecular flexibility index (Phi) is 11.7. The van der Waals surface area contributed by atoms with E-state index in [1.807, 2.05) is 6.92 Å². The molecule has 2 N–H and O–H groups in total. The van der Waals surface area contributed by atoms with E-state index in [9.17, 15) is 29.1 Å². The zero-order valence-electron chi connectivity index (χ0n) is 24.7. The standard InChI is InChI=1S/C30H44N2O8/c1-18(2)17-23(26(34)35)32(29(38)31-22-15-13-21(14-16-22)27(36)39-7)25(33)24(28(37)40-30(4,5)6)19(3)20-11-9-8-10-12-20/h13-16,18-20,23-24H,8-12,17H2,1-7H3,(H,31,38)(H,34,35)/t19?,23-,24?/m0/s1. The minimum absolute atomic E-state index is 0.00534. The number of carboxylic acid groups (broad SMARTS) is 1. The molecule has 1 saturated carbocycles. The van der Waals surface area contributed by atoms with Crippen LogP contribution in [0.15, 0.2) is 24.3 Å². The molecule has 0 heterocycles. The molecule has 10 heteroatoms. The summed E-state index contributed by atoms with van der Waals surface area (Å²) in [5.41, 5.74) is -0.401. The first-order chi connectivity index (χ1) is 18.7. The predicted octanol–water partition coefficient (Wildman–Crippen LogP) is 5.51. The van der Waals surface area contributed by atoms with Gasteiger partial charge in [-0.25, -0.2) is 19.3 Å². The summed E-state index contributed by atoms with van der Waals surface area (Å²) >= 11 is 0. The molecule has 1 aliphatic carbocycles. The van der Waals surface area contributed by atoms with Crippen molar-refractivity contribution >= 4 is 35.5 Å².